The Labute approximate surface area is 38.1 Å². The van der Waals surface area contributed by atoms with Gasteiger partial charge in [0.1, 0.15) is 0 Å². The lowest BCUT2D eigenvalue weighted by atomic mass is 10.8. The summed E-state index contributed by atoms with van der Waals surface area (Å²) in [5.41, 5.74) is 0. The second-order valence-electron chi connectivity index (χ2n) is 1.22. The van der Waals surface area contributed by atoms with Crippen molar-refractivity contribution in [3.63, 3.8) is 0 Å². The average molecular weight is 106 g/mol. The van der Waals surface area contributed by atoms with Crippen LogP contribution in [-0.2, 0) is 0 Å². The molecule has 1 heterocycles. The summed E-state index contributed by atoms with van der Waals surface area (Å²) >= 11 is 0. The molecule has 2 N–H and O–H groups in total. The third kappa shape index (κ3) is 0.884. The molecule has 1 fully saturated rings. The molecule has 0 spiro atoms. The zero-order valence-electron chi connectivity index (χ0n) is 3.32. The molecule has 1 rings (SSSR count). The summed E-state index contributed by atoms with van der Waals surface area (Å²) in [5.74, 6) is 0. The molecule has 0 aromatic heterocycles. The van der Waals surface area contributed by atoms with Gasteiger partial charge in [0.05, 0.1) is 6.54 Å². The predicted molar refractivity (Wildman–Crippen MR) is 25.5 cm³/mol. The van der Waals surface area contributed by atoms with E-state index in [0.29, 0.717) is 8.73 Å². The molecule has 2 atom stereocenters. The maximum atomic E-state index is 10.1. The van der Waals surface area contributed by atoms with Crippen LogP contribution in [0.5, 0.6) is 0 Å². The summed E-state index contributed by atoms with van der Waals surface area (Å²) in [7, 11) is 0.689. The topological polar surface area (TPSA) is 39.5 Å². The van der Waals surface area contributed by atoms with E-state index < -0.39 is 0 Å². The van der Waals surface area contributed by atoms with Crippen molar-refractivity contribution in [3.05, 3.63) is 5.21 Å². The molecule has 4 heteroatoms. The van der Waals surface area contributed by atoms with Crippen LogP contribution in [0.3, 0.4) is 0 Å². The van der Waals surface area contributed by atoms with Crippen LogP contribution in [0.1, 0.15) is 0 Å². The van der Waals surface area contributed by atoms with Gasteiger partial charge in [0.25, 0.3) is 0 Å². The number of hydroxylamine groups is 1. The van der Waals surface area contributed by atoms with Crippen molar-refractivity contribution in [2.45, 2.75) is 0 Å². The Morgan fingerprint density at radius 3 is 2.83 bits per heavy atom. The van der Waals surface area contributed by atoms with Crippen molar-refractivity contribution in [1.82, 2.24) is 5.20 Å². The predicted octanol–water partition coefficient (Wildman–Crippen LogP) is -1.52. The van der Waals surface area contributed by atoms with Crippen LogP contribution < -0.4 is 10.4 Å². The Hall–Kier alpha value is 0.310. The Balaban J connectivity index is 2.18. The highest BCUT2D eigenvalue weighted by atomic mass is 31.1. The van der Waals surface area contributed by atoms with E-state index in [1.54, 1.807) is 0 Å². The first-order valence-electron chi connectivity index (χ1n) is 1.91. The standard InChI is InChI=1S/C2H7N2OP/c5-4-1-2-6-3-4/h3-4,6H,1-2H2. The molecule has 0 radical (unpaired) electrons. The summed E-state index contributed by atoms with van der Waals surface area (Å²) in [4.78, 5) is 0. The monoisotopic (exact) mass is 106 g/mol. The highest BCUT2D eigenvalue weighted by molar-refractivity contribution is 7.35. The fourth-order valence-electron chi connectivity index (χ4n) is 0.400. The average Bonchev–Trinajstić information content (AvgIpc) is 1.86. The van der Waals surface area contributed by atoms with Gasteiger partial charge >= 0.3 is 0 Å². The van der Waals surface area contributed by atoms with Crippen molar-refractivity contribution in [3.8, 4) is 0 Å². The van der Waals surface area contributed by atoms with Crippen LogP contribution in [-0.4, -0.2) is 12.7 Å². The Bertz CT molecular complexity index is 44.8. The Kier molecular flexibility index (Phi) is 1.37. The van der Waals surface area contributed by atoms with E-state index in [-0.39, 0.29) is 5.17 Å². The van der Waals surface area contributed by atoms with E-state index in [9.17, 15) is 5.21 Å². The van der Waals surface area contributed by atoms with Gasteiger partial charge in [-0.05, 0) is 0 Å². The quantitative estimate of drug-likeness (QED) is 0.291. The summed E-state index contributed by atoms with van der Waals surface area (Å²) in [5, 5.41) is 13.1. The molecular formula is C2H7N2OP. The lowest BCUT2D eigenvalue weighted by molar-refractivity contribution is -0.871. The summed E-state index contributed by atoms with van der Waals surface area (Å²) < 4.78 is 0. The molecule has 0 amide bonds. The summed E-state index contributed by atoms with van der Waals surface area (Å²) in [6.07, 6.45) is 1.05. The van der Waals surface area contributed by atoms with Crippen molar-refractivity contribution in [1.29, 1.82) is 0 Å². The maximum absolute atomic E-state index is 10.1. The lowest BCUT2D eigenvalue weighted by Crippen LogP contribution is -3.10. The molecule has 3 nitrogen and oxygen atoms in total. The molecule has 1 aliphatic rings. The molecule has 2 unspecified atom stereocenters. The third-order valence-corrected chi connectivity index (χ3v) is 1.66. The van der Waals surface area contributed by atoms with Gasteiger partial charge in [0.15, 0.2) is 0 Å². The molecule has 36 valence electrons. The van der Waals surface area contributed by atoms with Crippen LogP contribution in [0.15, 0.2) is 0 Å². The first-order valence-corrected chi connectivity index (χ1v) is 3.12. The van der Waals surface area contributed by atoms with Gasteiger partial charge < -0.3 is 5.21 Å². The summed E-state index contributed by atoms with van der Waals surface area (Å²) in [6, 6.07) is 0. The number of rotatable bonds is 0. The largest absolute Gasteiger partial charge is 0.613 e. The van der Waals surface area contributed by atoms with Crippen LogP contribution in [0.4, 0.5) is 0 Å². The van der Waals surface area contributed by atoms with Crippen LogP contribution >= 0.6 is 8.73 Å². The van der Waals surface area contributed by atoms with E-state index in [4.69, 9.17) is 0 Å². The van der Waals surface area contributed by atoms with Gasteiger partial charge in [0, 0.05) is 14.9 Å². The number of nitrogens with one attached hydrogen (secondary N) is 2. The van der Waals surface area contributed by atoms with Gasteiger partial charge in [-0.15, -0.1) is 0 Å². The first kappa shape index (κ1) is 4.47. The second kappa shape index (κ2) is 1.85. The second-order valence-corrected chi connectivity index (χ2v) is 2.33. The molecular weight excluding hydrogens is 99.0 g/mol. The molecule has 1 saturated heterocycles. The van der Waals surface area contributed by atoms with Gasteiger partial charge in [-0.2, -0.15) is 5.20 Å². The van der Waals surface area contributed by atoms with Crippen molar-refractivity contribution in [2.24, 2.45) is 0 Å². The molecule has 0 aromatic carbocycles. The number of hydrogen-bond acceptors (Lipinski definition) is 2. The van der Waals surface area contributed by atoms with E-state index in [1.165, 1.54) is 0 Å². The van der Waals surface area contributed by atoms with Gasteiger partial charge in [-0.3, -0.25) is 5.17 Å². The van der Waals surface area contributed by atoms with Gasteiger partial charge in [0.2, 0.25) is 0 Å². The fraction of sp³-hybridized carbons (Fsp3) is 1.00. The normalized spacial score (nSPS) is 38.5. The van der Waals surface area contributed by atoms with E-state index in [0.717, 1.165) is 12.7 Å². The highest BCUT2D eigenvalue weighted by Gasteiger charge is 2.02. The molecule has 0 saturated carbocycles. The number of hydrogen-bond donors (Lipinski definition) is 2. The zero-order valence-corrected chi connectivity index (χ0v) is 4.32. The van der Waals surface area contributed by atoms with E-state index >= 15 is 0 Å². The van der Waals surface area contributed by atoms with Gasteiger partial charge in [-0.25, -0.2) is 0 Å². The van der Waals surface area contributed by atoms with E-state index in [2.05, 4.69) is 5.20 Å². The lowest BCUT2D eigenvalue weighted by Gasteiger charge is -2.11. The number of quaternary nitrogens is 1. The Morgan fingerprint density at radius 2 is 2.67 bits per heavy atom. The summed E-state index contributed by atoms with van der Waals surface area (Å²) in [6.45, 7) is 0.748. The van der Waals surface area contributed by atoms with Crippen molar-refractivity contribution in [2.75, 3.05) is 12.7 Å². The minimum Gasteiger partial charge on any atom is -0.613 e. The highest BCUT2D eigenvalue weighted by Crippen LogP contribution is 1.98. The smallest absolute Gasteiger partial charge is 0.0997 e. The molecule has 0 bridgehead atoms. The SMILES string of the molecule is [O-][NH+]1CCPN1. The van der Waals surface area contributed by atoms with Crippen LogP contribution in [0.2, 0.25) is 0 Å². The zero-order chi connectivity index (χ0) is 4.41. The molecule has 0 aliphatic carbocycles. The molecule has 6 heavy (non-hydrogen) atoms. The minimum absolute atomic E-state index is 0.216. The minimum atomic E-state index is 0.216. The molecule has 1 aliphatic heterocycles. The van der Waals surface area contributed by atoms with Crippen molar-refractivity contribution < 1.29 is 5.17 Å². The third-order valence-electron chi connectivity index (χ3n) is 0.705. The Morgan fingerprint density at radius 1 is 1.83 bits per heavy atom. The van der Waals surface area contributed by atoms with Crippen LogP contribution in [0.25, 0.3) is 0 Å². The maximum Gasteiger partial charge on any atom is 0.0997 e. The van der Waals surface area contributed by atoms with Crippen LogP contribution in [0, 0.1) is 5.21 Å². The first-order chi connectivity index (χ1) is 2.89. The fourth-order valence-corrected chi connectivity index (χ4v) is 1.20. The van der Waals surface area contributed by atoms with Gasteiger partial charge in [-0.1, -0.05) is 0 Å². The van der Waals surface area contributed by atoms with E-state index in [1.807, 2.05) is 0 Å². The molecule has 0 aromatic rings. The van der Waals surface area contributed by atoms with Crippen molar-refractivity contribution >= 4 is 8.73 Å².